The average Bonchev–Trinajstić information content (AvgIpc) is 2.80. The monoisotopic (exact) mass is 504 g/mol. The Kier molecular flexibility index (Phi) is 8.80. The van der Waals surface area contributed by atoms with Gasteiger partial charge in [0.2, 0.25) is 5.91 Å². The zero-order valence-electron chi connectivity index (χ0n) is 18.0. The number of hydrogen-bond donors (Lipinski definition) is 2. The molecule has 0 aromatic carbocycles. The fraction of sp³-hybridized carbons (Fsp3) is 0.550. The van der Waals surface area contributed by atoms with E-state index >= 15 is 0 Å². The van der Waals surface area contributed by atoms with Crippen LogP contribution in [0.1, 0.15) is 6.42 Å². The number of aliphatic hydroxyl groups excluding tert-OH is 1. The number of halogens is 4. The highest BCUT2D eigenvalue weighted by Crippen LogP contribution is 2.28. The van der Waals surface area contributed by atoms with Gasteiger partial charge in [-0.3, -0.25) is 14.6 Å². The molecule has 0 aliphatic carbocycles. The van der Waals surface area contributed by atoms with E-state index in [1.54, 1.807) is 22.6 Å². The first-order chi connectivity index (χ1) is 16.2. The molecule has 3 heterocycles. The van der Waals surface area contributed by atoms with Gasteiger partial charge in [-0.2, -0.15) is 18.3 Å². The predicted octanol–water partition coefficient (Wildman–Crippen LogP) is 0.886. The van der Waals surface area contributed by atoms with E-state index in [0.29, 0.717) is 31.2 Å². The maximum atomic E-state index is 13.2. The van der Waals surface area contributed by atoms with Crippen LogP contribution in [0.2, 0.25) is 5.02 Å². The van der Waals surface area contributed by atoms with E-state index in [4.69, 9.17) is 16.3 Å². The molecule has 1 saturated heterocycles. The van der Waals surface area contributed by atoms with Crippen molar-refractivity contribution < 1.29 is 32.6 Å². The van der Waals surface area contributed by atoms with Crippen LogP contribution in [0.25, 0.3) is 0 Å². The molecule has 3 rings (SSSR count). The summed E-state index contributed by atoms with van der Waals surface area (Å²) in [6, 6.07) is 2.53. The zero-order valence-corrected chi connectivity index (χ0v) is 18.8. The van der Waals surface area contributed by atoms with Crippen LogP contribution in [-0.4, -0.2) is 96.9 Å². The summed E-state index contributed by atoms with van der Waals surface area (Å²) in [5.74, 6) is -3.15. The number of aromatic nitrogens is 1. The maximum Gasteiger partial charge on any atom is 0.406 e. The van der Waals surface area contributed by atoms with E-state index in [1.807, 2.05) is 11.0 Å². The number of alkyl halides is 3. The Bertz CT molecular complexity index is 920. The molecule has 14 heteroatoms. The summed E-state index contributed by atoms with van der Waals surface area (Å²) >= 11 is 5.85. The summed E-state index contributed by atoms with van der Waals surface area (Å²) in [5.41, 5.74) is 1.14. The van der Waals surface area contributed by atoms with Gasteiger partial charge in [-0.25, -0.2) is 10.4 Å². The van der Waals surface area contributed by atoms with Crippen LogP contribution in [0.4, 0.5) is 19.0 Å². The van der Waals surface area contributed by atoms with Crippen molar-refractivity contribution >= 4 is 41.2 Å². The molecule has 186 valence electrons. The van der Waals surface area contributed by atoms with Crippen molar-refractivity contribution in [1.82, 2.24) is 15.3 Å². The minimum Gasteiger partial charge on any atom is -0.394 e. The Morgan fingerprint density at radius 1 is 1.32 bits per heavy atom. The molecule has 0 saturated carbocycles. The number of rotatable bonds is 8. The second kappa shape index (κ2) is 11.6. The highest BCUT2D eigenvalue weighted by atomic mass is 35.5. The summed E-state index contributed by atoms with van der Waals surface area (Å²) < 4.78 is 44.8. The molecule has 1 aromatic rings. The molecule has 2 aliphatic rings. The second-order valence-electron chi connectivity index (χ2n) is 7.63. The number of aliphatic hydroxyl groups is 1. The summed E-state index contributed by atoms with van der Waals surface area (Å²) in [4.78, 5) is 35.8. The molecule has 0 bridgehead atoms. The van der Waals surface area contributed by atoms with E-state index in [1.165, 1.54) is 0 Å². The maximum absolute atomic E-state index is 13.2. The summed E-state index contributed by atoms with van der Waals surface area (Å²) in [6.45, 7) is 1.44. The van der Waals surface area contributed by atoms with Crippen molar-refractivity contribution in [3.63, 3.8) is 0 Å². The van der Waals surface area contributed by atoms with Crippen molar-refractivity contribution in [1.29, 1.82) is 0 Å². The molecule has 2 N–H and O–H groups in total. The topological polar surface area (TPSA) is 120 Å². The number of nitrogens with one attached hydrogen (secondary N) is 1. The number of anilines is 1. The van der Waals surface area contributed by atoms with Crippen LogP contribution in [0, 0.1) is 5.92 Å². The minimum atomic E-state index is -4.85. The Morgan fingerprint density at radius 3 is 2.68 bits per heavy atom. The molecule has 2 aliphatic heterocycles. The van der Waals surface area contributed by atoms with Gasteiger partial charge >= 0.3 is 6.18 Å². The van der Waals surface area contributed by atoms with E-state index in [-0.39, 0.29) is 25.5 Å². The molecular weight excluding hydrogens is 481 g/mol. The van der Waals surface area contributed by atoms with Gasteiger partial charge in [-0.1, -0.05) is 11.6 Å². The van der Waals surface area contributed by atoms with Crippen LogP contribution in [-0.2, 0) is 14.3 Å². The minimum absolute atomic E-state index is 0.0103. The first-order valence-electron chi connectivity index (χ1n) is 10.5. The fourth-order valence-electron chi connectivity index (χ4n) is 3.48. The van der Waals surface area contributed by atoms with Crippen molar-refractivity contribution in [2.24, 2.45) is 16.0 Å². The van der Waals surface area contributed by atoms with Gasteiger partial charge < -0.3 is 19.6 Å². The highest BCUT2D eigenvalue weighted by molar-refractivity contribution is 6.37. The second-order valence-corrected chi connectivity index (χ2v) is 8.06. The van der Waals surface area contributed by atoms with Gasteiger partial charge in [-0.15, -0.1) is 0 Å². The van der Waals surface area contributed by atoms with Crippen molar-refractivity contribution in [3.8, 4) is 0 Å². The molecule has 2 amide bonds. The molecule has 0 radical (unpaired) electrons. The lowest BCUT2D eigenvalue weighted by Gasteiger charge is -2.35. The first-order valence-corrected chi connectivity index (χ1v) is 10.9. The number of ether oxygens (including phenoxy) is 1. The van der Waals surface area contributed by atoms with Crippen molar-refractivity contribution in [2.75, 3.05) is 50.9 Å². The number of hydrazone groups is 1. The third-order valence-corrected chi connectivity index (χ3v) is 5.46. The van der Waals surface area contributed by atoms with E-state index in [2.05, 4.69) is 15.1 Å². The molecule has 1 unspecified atom stereocenters. The van der Waals surface area contributed by atoms with Gasteiger partial charge in [-0.05, 0) is 12.1 Å². The van der Waals surface area contributed by atoms with Crippen LogP contribution in [0.3, 0.4) is 0 Å². The predicted molar refractivity (Wildman–Crippen MR) is 118 cm³/mol. The SMILES string of the molecule is O=C1NN=CC(=N[C@@H](CO)COCCC(=O)N2CCN(c3ccc(Cl)cn3)CC2)C1C(F)(F)F. The van der Waals surface area contributed by atoms with Crippen LogP contribution in [0.5, 0.6) is 0 Å². The molecule has 0 spiro atoms. The van der Waals surface area contributed by atoms with Gasteiger partial charge in [0.1, 0.15) is 5.82 Å². The third-order valence-electron chi connectivity index (χ3n) is 5.24. The standard InChI is InChI=1S/C20H24ClF3N6O4/c21-13-1-2-16(25-9-13)29-4-6-30(7-5-29)17(32)3-8-34-12-14(11-31)27-15-10-26-28-19(33)18(15)20(22,23)24/h1-2,9-10,14,18,31H,3-8,11-12H2,(H,28,33)/t14-,18?/m0/s1. The Hall–Kier alpha value is -2.77. The number of pyridine rings is 1. The van der Waals surface area contributed by atoms with Crippen LogP contribution >= 0.6 is 11.6 Å². The van der Waals surface area contributed by atoms with Crippen LogP contribution in [0.15, 0.2) is 28.4 Å². The normalized spacial score (nSPS) is 21.0. The smallest absolute Gasteiger partial charge is 0.394 e. The number of carbonyl (C=O) groups is 2. The van der Waals surface area contributed by atoms with Gasteiger partial charge in [0.15, 0.2) is 5.92 Å². The van der Waals surface area contributed by atoms with E-state index < -0.39 is 36.4 Å². The summed E-state index contributed by atoms with van der Waals surface area (Å²) in [5, 5.41) is 13.3. The number of amides is 2. The lowest BCUT2D eigenvalue weighted by atomic mass is 10.0. The first kappa shape index (κ1) is 25.8. The van der Waals surface area contributed by atoms with E-state index in [0.717, 1.165) is 12.0 Å². The lowest BCUT2D eigenvalue weighted by molar-refractivity contribution is -0.168. The molecule has 1 fully saturated rings. The number of nitrogens with zero attached hydrogens (tertiary/aromatic N) is 5. The zero-order chi connectivity index (χ0) is 24.7. The van der Waals surface area contributed by atoms with E-state index in [9.17, 15) is 27.9 Å². The molecule has 10 nitrogen and oxygen atoms in total. The van der Waals surface area contributed by atoms with Gasteiger partial charge in [0.05, 0.1) is 49.2 Å². The number of piperazine rings is 1. The number of carbonyl (C=O) groups excluding carboxylic acids is 2. The Labute approximate surface area is 198 Å². The lowest BCUT2D eigenvalue weighted by Crippen LogP contribution is -2.49. The molecule has 1 aromatic heterocycles. The Balaban J connectivity index is 1.43. The largest absolute Gasteiger partial charge is 0.406 e. The van der Waals surface area contributed by atoms with Crippen LogP contribution < -0.4 is 10.3 Å². The number of aliphatic imine (C=N–C) groups is 1. The van der Waals surface area contributed by atoms with Gasteiger partial charge in [0.25, 0.3) is 5.91 Å². The number of hydrogen-bond acceptors (Lipinski definition) is 8. The quantitative estimate of drug-likeness (QED) is 0.507. The summed E-state index contributed by atoms with van der Waals surface area (Å²) in [6.07, 6.45) is -2.42. The molecule has 34 heavy (non-hydrogen) atoms. The highest BCUT2D eigenvalue weighted by Gasteiger charge is 2.49. The third kappa shape index (κ3) is 6.87. The van der Waals surface area contributed by atoms with Crippen molar-refractivity contribution in [3.05, 3.63) is 23.4 Å². The molecule has 2 atom stereocenters. The summed E-state index contributed by atoms with van der Waals surface area (Å²) in [7, 11) is 0. The fourth-order valence-corrected chi connectivity index (χ4v) is 3.59. The Morgan fingerprint density at radius 2 is 2.06 bits per heavy atom. The van der Waals surface area contributed by atoms with Crippen molar-refractivity contribution in [2.45, 2.75) is 18.6 Å². The molecular formula is C20H24ClF3N6O4. The van der Waals surface area contributed by atoms with Gasteiger partial charge in [0, 0.05) is 32.4 Å². The average molecular weight is 505 g/mol.